The van der Waals surface area contributed by atoms with Crippen LogP contribution < -0.4 is 0 Å². The van der Waals surface area contributed by atoms with Crippen LogP contribution in [0.1, 0.15) is 27.2 Å². The standard InChI is InChI=1S/C11H18O4/c1-4-14-10(12)9(8-6-7(8)3)11(13)15-5-2/h7-9H,4-6H2,1-3H3. The van der Waals surface area contributed by atoms with E-state index in [-0.39, 0.29) is 5.92 Å². The molecule has 0 N–H and O–H groups in total. The summed E-state index contributed by atoms with van der Waals surface area (Å²) in [7, 11) is 0. The monoisotopic (exact) mass is 214 g/mol. The van der Waals surface area contributed by atoms with Gasteiger partial charge in [0.1, 0.15) is 0 Å². The first-order chi connectivity index (χ1) is 7.11. The molecule has 0 aromatic heterocycles. The van der Waals surface area contributed by atoms with Crippen molar-refractivity contribution in [3.05, 3.63) is 0 Å². The fourth-order valence-corrected chi connectivity index (χ4v) is 1.73. The molecule has 0 aromatic rings. The molecule has 2 atom stereocenters. The van der Waals surface area contributed by atoms with Gasteiger partial charge >= 0.3 is 11.9 Å². The lowest BCUT2D eigenvalue weighted by Gasteiger charge is -2.13. The Kier molecular flexibility index (Phi) is 4.12. The third-order valence-electron chi connectivity index (χ3n) is 2.68. The van der Waals surface area contributed by atoms with Gasteiger partial charge in [-0.3, -0.25) is 9.59 Å². The minimum absolute atomic E-state index is 0.114. The molecule has 86 valence electrons. The summed E-state index contributed by atoms with van der Waals surface area (Å²) in [5.41, 5.74) is 0. The van der Waals surface area contributed by atoms with Gasteiger partial charge in [-0.1, -0.05) is 6.92 Å². The van der Waals surface area contributed by atoms with Crippen LogP contribution in [-0.2, 0) is 19.1 Å². The van der Waals surface area contributed by atoms with Crippen molar-refractivity contribution in [3.63, 3.8) is 0 Å². The summed E-state index contributed by atoms with van der Waals surface area (Å²) in [4.78, 5) is 23.1. The van der Waals surface area contributed by atoms with Gasteiger partial charge < -0.3 is 9.47 Å². The second-order valence-electron chi connectivity index (χ2n) is 3.86. The zero-order chi connectivity index (χ0) is 11.4. The zero-order valence-electron chi connectivity index (χ0n) is 9.49. The summed E-state index contributed by atoms with van der Waals surface area (Å²) < 4.78 is 9.76. The molecule has 4 heteroatoms. The Balaban J connectivity index is 2.61. The van der Waals surface area contributed by atoms with Gasteiger partial charge in [0.2, 0.25) is 0 Å². The zero-order valence-corrected chi connectivity index (χ0v) is 9.49. The lowest BCUT2D eigenvalue weighted by atomic mass is 10.0. The summed E-state index contributed by atoms with van der Waals surface area (Å²) in [5, 5.41) is 0. The lowest BCUT2D eigenvalue weighted by molar-refractivity contribution is -0.162. The molecular weight excluding hydrogens is 196 g/mol. The quantitative estimate of drug-likeness (QED) is 0.512. The maximum atomic E-state index is 11.6. The number of carbonyl (C=O) groups excluding carboxylic acids is 2. The van der Waals surface area contributed by atoms with Crippen LogP contribution in [0.15, 0.2) is 0 Å². The van der Waals surface area contributed by atoms with E-state index in [1.165, 1.54) is 0 Å². The van der Waals surface area contributed by atoms with Crippen LogP contribution >= 0.6 is 0 Å². The summed E-state index contributed by atoms with van der Waals surface area (Å²) in [5.74, 6) is -1.05. The van der Waals surface area contributed by atoms with Gasteiger partial charge in [0.05, 0.1) is 13.2 Å². The van der Waals surface area contributed by atoms with Gasteiger partial charge in [-0.2, -0.15) is 0 Å². The molecule has 0 spiro atoms. The van der Waals surface area contributed by atoms with Crippen molar-refractivity contribution < 1.29 is 19.1 Å². The van der Waals surface area contributed by atoms with Gasteiger partial charge in [0, 0.05) is 0 Å². The average Bonchev–Trinajstić information content (AvgIpc) is 2.83. The highest BCUT2D eigenvalue weighted by molar-refractivity contribution is 5.95. The second-order valence-corrected chi connectivity index (χ2v) is 3.86. The molecular formula is C11H18O4. The van der Waals surface area contributed by atoms with Crippen molar-refractivity contribution in [1.29, 1.82) is 0 Å². The third-order valence-corrected chi connectivity index (χ3v) is 2.68. The van der Waals surface area contributed by atoms with Crippen LogP contribution in [0, 0.1) is 17.8 Å². The van der Waals surface area contributed by atoms with Gasteiger partial charge in [-0.15, -0.1) is 0 Å². The fourth-order valence-electron chi connectivity index (χ4n) is 1.73. The Hall–Kier alpha value is -1.06. The van der Waals surface area contributed by atoms with Crippen molar-refractivity contribution in [1.82, 2.24) is 0 Å². The lowest BCUT2D eigenvalue weighted by Crippen LogP contribution is -2.30. The summed E-state index contributed by atoms with van der Waals surface area (Å²) in [6.45, 7) is 6.09. The molecule has 0 bridgehead atoms. The molecule has 1 aliphatic rings. The molecule has 1 saturated carbocycles. The molecule has 0 aliphatic heterocycles. The van der Waals surface area contributed by atoms with Crippen molar-refractivity contribution in [2.75, 3.05) is 13.2 Å². The molecule has 0 heterocycles. The smallest absolute Gasteiger partial charge is 0.320 e. The maximum absolute atomic E-state index is 11.6. The number of ether oxygens (including phenoxy) is 2. The molecule has 1 fully saturated rings. The van der Waals surface area contributed by atoms with Gasteiger partial charge in [0.25, 0.3) is 0 Å². The van der Waals surface area contributed by atoms with E-state index < -0.39 is 17.9 Å². The predicted molar refractivity (Wildman–Crippen MR) is 54.0 cm³/mol. The molecule has 15 heavy (non-hydrogen) atoms. The number of carbonyl (C=O) groups is 2. The van der Waals surface area contributed by atoms with Crippen LogP contribution in [0.5, 0.6) is 0 Å². The topological polar surface area (TPSA) is 52.6 Å². The average molecular weight is 214 g/mol. The van der Waals surface area contributed by atoms with E-state index in [4.69, 9.17) is 9.47 Å². The van der Waals surface area contributed by atoms with Crippen LogP contribution in [0.4, 0.5) is 0 Å². The maximum Gasteiger partial charge on any atom is 0.320 e. The first-order valence-electron chi connectivity index (χ1n) is 5.45. The third kappa shape index (κ3) is 2.94. The van der Waals surface area contributed by atoms with E-state index in [0.717, 1.165) is 6.42 Å². The van der Waals surface area contributed by atoms with Crippen molar-refractivity contribution in [2.45, 2.75) is 27.2 Å². The number of esters is 2. The SMILES string of the molecule is CCOC(=O)C(C(=O)OCC)C1CC1C. The number of hydrogen-bond donors (Lipinski definition) is 0. The first-order valence-corrected chi connectivity index (χ1v) is 5.45. The minimum atomic E-state index is -0.708. The second kappa shape index (κ2) is 5.14. The van der Waals surface area contributed by atoms with E-state index in [9.17, 15) is 9.59 Å². The highest BCUT2D eigenvalue weighted by Crippen LogP contribution is 2.44. The van der Waals surface area contributed by atoms with Gasteiger partial charge in [-0.05, 0) is 32.1 Å². The van der Waals surface area contributed by atoms with Crippen molar-refractivity contribution in [3.8, 4) is 0 Å². The normalized spacial score (nSPS) is 23.7. The van der Waals surface area contributed by atoms with Crippen LogP contribution in [0.3, 0.4) is 0 Å². The van der Waals surface area contributed by atoms with E-state index >= 15 is 0 Å². The fraction of sp³-hybridized carbons (Fsp3) is 0.818. The van der Waals surface area contributed by atoms with E-state index in [0.29, 0.717) is 19.1 Å². The van der Waals surface area contributed by atoms with Gasteiger partial charge in [-0.25, -0.2) is 0 Å². The number of rotatable bonds is 5. The molecule has 1 aliphatic carbocycles. The van der Waals surface area contributed by atoms with Crippen LogP contribution in [0.25, 0.3) is 0 Å². The largest absolute Gasteiger partial charge is 0.465 e. The van der Waals surface area contributed by atoms with Crippen molar-refractivity contribution >= 4 is 11.9 Å². The molecule has 0 amide bonds. The molecule has 2 unspecified atom stereocenters. The van der Waals surface area contributed by atoms with E-state index in [1.807, 2.05) is 6.92 Å². The summed E-state index contributed by atoms with van der Waals surface area (Å²) in [6.07, 6.45) is 0.905. The van der Waals surface area contributed by atoms with Gasteiger partial charge in [0.15, 0.2) is 5.92 Å². The predicted octanol–water partition coefficient (Wildman–Crippen LogP) is 1.38. The highest BCUT2D eigenvalue weighted by Gasteiger charge is 2.48. The summed E-state index contributed by atoms with van der Waals surface area (Å²) >= 11 is 0. The van der Waals surface area contributed by atoms with Crippen LogP contribution in [-0.4, -0.2) is 25.2 Å². The molecule has 0 radical (unpaired) electrons. The Morgan fingerprint density at radius 2 is 1.60 bits per heavy atom. The van der Waals surface area contributed by atoms with Crippen molar-refractivity contribution in [2.24, 2.45) is 17.8 Å². The first kappa shape index (κ1) is 12.0. The van der Waals surface area contributed by atoms with E-state index in [2.05, 4.69) is 0 Å². The van der Waals surface area contributed by atoms with E-state index in [1.54, 1.807) is 13.8 Å². The number of hydrogen-bond acceptors (Lipinski definition) is 4. The molecule has 4 nitrogen and oxygen atoms in total. The molecule has 0 aromatic carbocycles. The Bertz CT molecular complexity index is 231. The van der Waals surface area contributed by atoms with Crippen LogP contribution in [0.2, 0.25) is 0 Å². The Labute approximate surface area is 89.9 Å². The molecule has 0 saturated heterocycles. The highest BCUT2D eigenvalue weighted by atomic mass is 16.6. The Morgan fingerprint density at radius 1 is 1.20 bits per heavy atom. The molecule has 1 rings (SSSR count). The Morgan fingerprint density at radius 3 is 1.87 bits per heavy atom. The minimum Gasteiger partial charge on any atom is -0.465 e. The summed E-state index contributed by atoms with van der Waals surface area (Å²) in [6, 6.07) is 0.